The van der Waals surface area contributed by atoms with Crippen molar-refractivity contribution in [2.24, 2.45) is 0 Å². The topological polar surface area (TPSA) is 25.8 Å². The number of aromatic nitrogens is 2. The molecule has 114 valence electrons. The first-order chi connectivity index (χ1) is 10.8. The minimum Gasteiger partial charge on any atom is -0.257 e. The van der Waals surface area contributed by atoms with Crippen molar-refractivity contribution in [2.45, 2.75) is 39.5 Å². The Morgan fingerprint density at radius 2 is 1.73 bits per heavy atom. The highest BCUT2D eigenvalue weighted by Crippen LogP contribution is 2.27. The lowest BCUT2D eigenvalue weighted by molar-refractivity contribution is 0.924. The van der Waals surface area contributed by atoms with Gasteiger partial charge in [0.15, 0.2) is 0 Å². The minimum atomic E-state index is 1.00. The molecule has 2 heteroatoms. The molecule has 0 saturated heterocycles. The Morgan fingerprint density at radius 1 is 0.955 bits per heavy atom. The molecule has 0 atom stereocenters. The second-order valence-corrected chi connectivity index (χ2v) is 5.30. The van der Waals surface area contributed by atoms with Gasteiger partial charge in [-0.15, -0.1) is 0 Å². The smallest absolute Gasteiger partial charge is 0.0701 e. The largest absolute Gasteiger partial charge is 0.257 e. The van der Waals surface area contributed by atoms with Gasteiger partial charge in [-0.1, -0.05) is 44.9 Å². The average Bonchev–Trinajstić information content (AvgIpc) is 2.57. The number of hydrogen-bond acceptors (Lipinski definition) is 2. The van der Waals surface area contributed by atoms with E-state index in [1.165, 1.54) is 11.1 Å². The van der Waals surface area contributed by atoms with E-state index in [4.69, 9.17) is 0 Å². The van der Waals surface area contributed by atoms with Crippen LogP contribution in [0.1, 0.15) is 50.9 Å². The molecule has 0 spiro atoms. The number of nitrogens with zero attached hydrogens (tertiary/aromatic N) is 2. The van der Waals surface area contributed by atoms with E-state index >= 15 is 0 Å². The molecule has 0 aliphatic rings. The average molecular weight is 292 g/mol. The summed E-state index contributed by atoms with van der Waals surface area (Å²) in [5, 5.41) is 0. The summed E-state index contributed by atoms with van der Waals surface area (Å²) in [6.07, 6.45) is 12.5. The number of hydrogen-bond donors (Lipinski definition) is 0. The zero-order valence-electron chi connectivity index (χ0n) is 13.5. The molecule has 2 nitrogen and oxygen atoms in total. The maximum absolute atomic E-state index is 4.55. The standard InChI is InChI=1S/C20H24N2/c1-3-5-12-19(20-13-7-9-15-22-20)17(10-4-2)16-18-11-6-8-14-21-18/h6-9,11-16H,3-5,10H2,1-2H3/b17-16+,19-12-. The fourth-order valence-electron chi connectivity index (χ4n) is 2.40. The molecule has 0 radical (unpaired) electrons. The Kier molecular flexibility index (Phi) is 6.56. The molecule has 22 heavy (non-hydrogen) atoms. The van der Waals surface area contributed by atoms with Crippen LogP contribution in [-0.2, 0) is 0 Å². The van der Waals surface area contributed by atoms with Crippen molar-refractivity contribution in [2.75, 3.05) is 0 Å². The van der Waals surface area contributed by atoms with Crippen molar-refractivity contribution in [3.05, 3.63) is 71.8 Å². The predicted octanol–water partition coefficient (Wildman–Crippen LogP) is 5.54. The Hall–Kier alpha value is -2.22. The Morgan fingerprint density at radius 3 is 2.32 bits per heavy atom. The summed E-state index contributed by atoms with van der Waals surface area (Å²) in [6.45, 7) is 4.41. The second-order valence-electron chi connectivity index (χ2n) is 5.30. The van der Waals surface area contributed by atoms with Gasteiger partial charge in [-0.3, -0.25) is 9.97 Å². The lowest BCUT2D eigenvalue weighted by atomic mass is 9.95. The molecule has 2 rings (SSSR count). The van der Waals surface area contributed by atoms with Crippen LogP contribution in [0, 0.1) is 0 Å². The molecule has 0 amide bonds. The lowest BCUT2D eigenvalue weighted by Gasteiger charge is -2.12. The third-order valence-electron chi connectivity index (χ3n) is 3.45. The molecule has 2 heterocycles. The first-order valence-corrected chi connectivity index (χ1v) is 8.08. The van der Waals surface area contributed by atoms with E-state index in [0.29, 0.717) is 0 Å². The number of rotatable bonds is 7. The van der Waals surface area contributed by atoms with Crippen molar-refractivity contribution in [1.29, 1.82) is 0 Å². The van der Waals surface area contributed by atoms with Gasteiger partial charge in [-0.05, 0) is 54.3 Å². The maximum atomic E-state index is 4.55. The third-order valence-corrected chi connectivity index (χ3v) is 3.45. The summed E-state index contributed by atoms with van der Waals surface area (Å²) in [5.41, 5.74) is 4.61. The van der Waals surface area contributed by atoms with Crippen LogP contribution in [0.15, 0.2) is 60.4 Å². The highest BCUT2D eigenvalue weighted by molar-refractivity contribution is 5.82. The van der Waals surface area contributed by atoms with Crippen molar-refractivity contribution in [1.82, 2.24) is 9.97 Å². The van der Waals surface area contributed by atoms with Crippen molar-refractivity contribution >= 4 is 11.6 Å². The number of pyridine rings is 2. The fourth-order valence-corrected chi connectivity index (χ4v) is 2.40. The summed E-state index contributed by atoms with van der Waals surface area (Å²) < 4.78 is 0. The molecule has 2 aromatic rings. The van der Waals surface area contributed by atoms with Crippen LogP contribution in [0.4, 0.5) is 0 Å². The highest BCUT2D eigenvalue weighted by atomic mass is 14.7. The van der Waals surface area contributed by atoms with Crippen LogP contribution < -0.4 is 0 Å². The zero-order chi connectivity index (χ0) is 15.6. The van der Waals surface area contributed by atoms with Gasteiger partial charge in [0.05, 0.1) is 11.4 Å². The van der Waals surface area contributed by atoms with Crippen molar-refractivity contribution < 1.29 is 0 Å². The summed E-state index contributed by atoms with van der Waals surface area (Å²) in [5.74, 6) is 0. The molecule has 2 aromatic heterocycles. The monoisotopic (exact) mass is 292 g/mol. The second kappa shape index (κ2) is 8.93. The van der Waals surface area contributed by atoms with Crippen LogP contribution in [-0.4, -0.2) is 9.97 Å². The van der Waals surface area contributed by atoms with Gasteiger partial charge in [0.2, 0.25) is 0 Å². The van der Waals surface area contributed by atoms with E-state index < -0.39 is 0 Å². The number of unbranched alkanes of at least 4 members (excludes halogenated alkanes) is 1. The van der Waals surface area contributed by atoms with Gasteiger partial charge in [-0.25, -0.2) is 0 Å². The summed E-state index contributed by atoms with van der Waals surface area (Å²) in [4.78, 5) is 8.98. The van der Waals surface area contributed by atoms with E-state index in [0.717, 1.165) is 37.1 Å². The molecule has 0 N–H and O–H groups in total. The molecule has 0 fully saturated rings. The molecule has 0 unspecified atom stereocenters. The van der Waals surface area contributed by atoms with E-state index in [1.54, 1.807) is 0 Å². The molecule has 0 saturated carbocycles. The maximum Gasteiger partial charge on any atom is 0.0701 e. The third kappa shape index (κ3) is 4.66. The first-order valence-electron chi connectivity index (χ1n) is 8.08. The van der Waals surface area contributed by atoms with Gasteiger partial charge >= 0.3 is 0 Å². The van der Waals surface area contributed by atoms with E-state index in [9.17, 15) is 0 Å². The molecular weight excluding hydrogens is 268 g/mol. The van der Waals surface area contributed by atoms with Crippen LogP contribution >= 0.6 is 0 Å². The summed E-state index contributed by atoms with van der Waals surface area (Å²) >= 11 is 0. The van der Waals surface area contributed by atoms with Gasteiger partial charge in [0.25, 0.3) is 0 Å². The van der Waals surface area contributed by atoms with Crippen LogP contribution in [0.25, 0.3) is 11.6 Å². The van der Waals surface area contributed by atoms with E-state index in [2.05, 4.69) is 42.0 Å². The lowest BCUT2D eigenvalue weighted by Crippen LogP contribution is -1.95. The summed E-state index contributed by atoms with van der Waals surface area (Å²) in [6, 6.07) is 12.1. The van der Waals surface area contributed by atoms with E-state index in [-0.39, 0.29) is 0 Å². The van der Waals surface area contributed by atoms with Gasteiger partial charge in [0.1, 0.15) is 0 Å². The van der Waals surface area contributed by atoms with Crippen LogP contribution in [0.2, 0.25) is 0 Å². The first kappa shape index (κ1) is 16.2. The highest BCUT2D eigenvalue weighted by Gasteiger charge is 2.09. The molecular formula is C20H24N2. The molecule has 0 bridgehead atoms. The Bertz CT molecular complexity index is 613. The van der Waals surface area contributed by atoms with Crippen molar-refractivity contribution in [3.63, 3.8) is 0 Å². The summed E-state index contributed by atoms with van der Waals surface area (Å²) in [7, 11) is 0. The van der Waals surface area contributed by atoms with E-state index in [1.807, 2.05) is 42.7 Å². The Balaban J connectivity index is 2.43. The minimum absolute atomic E-state index is 1.00. The van der Waals surface area contributed by atoms with Crippen LogP contribution in [0.3, 0.4) is 0 Å². The van der Waals surface area contributed by atoms with Gasteiger partial charge in [-0.2, -0.15) is 0 Å². The van der Waals surface area contributed by atoms with Gasteiger partial charge in [0, 0.05) is 12.4 Å². The van der Waals surface area contributed by atoms with Crippen LogP contribution in [0.5, 0.6) is 0 Å². The van der Waals surface area contributed by atoms with Gasteiger partial charge < -0.3 is 0 Å². The quantitative estimate of drug-likeness (QED) is 0.626. The molecule has 0 aliphatic heterocycles. The molecule has 0 aliphatic carbocycles. The Labute approximate surface area is 133 Å². The molecule has 0 aromatic carbocycles. The normalized spacial score (nSPS) is 12.5. The predicted molar refractivity (Wildman–Crippen MR) is 94.2 cm³/mol. The zero-order valence-corrected chi connectivity index (χ0v) is 13.5. The SMILES string of the molecule is CCC/C=C(/C(=C/c1ccccn1)CCC)c1ccccn1. The van der Waals surface area contributed by atoms with Crippen molar-refractivity contribution in [3.8, 4) is 0 Å². The number of allylic oxidation sites excluding steroid dienone is 3. The fraction of sp³-hybridized carbons (Fsp3) is 0.300.